The molecule has 0 heterocycles. The van der Waals surface area contributed by atoms with Gasteiger partial charge in [-0.25, -0.2) is 4.79 Å². The van der Waals surface area contributed by atoms with Gasteiger partial charge in [0.25, 0.3) is 0 Å². The van der Waals surface area contributed by atoms with Crippen molar-refractivity contribution in [3.8, 4) is 28.4 Å². The predicted octanol–water partition coefficient (Wildman–Crippen LogP) is 3.72. The fourth-order valence-electron chi connectivity index (χ4n) is 5.28. The molecule has 11 nitrogen and oxygen atoms in total. The van der Waals surface area contributed by atoms with E-state index in [0.29, 0.717) is 64.7 Å². The number of carboxylic acid groups (broad SMARTS) is 1. The average Bonchev–Trinajstić information content (AvgIpc) is 3.24. The number of carboxylic acids is 1. The van der Waals surface area contributed by atoms with Gasteiger partial charge in [-0.05, 0) is 84.6 Å². The number of ether oxygens (including phenoxy) is 3. The van der Waals surface area contributed by atoms with Crippen LogP contribution >= 0.6 is 23.5 Å². The van der Waals surface area contributed by atoms with Gasteiger partial charge in [0.05, 0.1) is 33.1 Å². The molecule has 0 spiro atoms. The van der Waals surface area contributed by atoms with Gasteiger partial charge in [0.2, 0.25) is 23.0 Å². The molecule has 2 aromatic carbocycles. The van der Waals surface area contributed by atoms with Crippen LogP contribution in [-0.4, -0.2) is 80.3 Å². The molecule has 13 heteroatoms. The highest BCUT2D eigenvalue weighted by atomic mass is 32.2. The highest BCUT2D eigenvalue weighted by Gasteiger charge is 2.30. The second kappa shape index (κ2) is 16.5. The van der Waals surface area contributed by atoms with Crippen LogP contribution in [0, 0.1) is 0 Å². The van der Waals surface area contributed by atoms with Gasteiger partial charge < -0.3 is 35.3 Å². The fraction of sp³-hybridized carbons (Fsp3) is 0.484. The molecule has 4 N–H and O–H groups in total. The molecule has 0 radical (unpaired) electrons. The lowest BCUT2D eigenvalue weighted by atomic mass is 9.95. The van der Waals surface area contributed by atoms with Gasteiger partial charge in [-0.1, -0.05) is 6.07 Å². The van der Waals surface area contributed by atoms with Crippen LogP contribution in [0.1, 0.15) is 43.4 Å². The third-order valence-corrected chi connectivity index (χ3v) is 8.69. The van der Waals surface area contributed by atoms with E-state index in [4.69, 9.17) is 14.2 Å². The summed E-state index contributed by atoms with van der Waals surface area (Å²) in [6.07, 6.45) is 5.48. The molecule has 1 aliphatic carbocycles. The lowest BCUT2D eigenvalue weighted by Gasteiger charge is -2.21. The number of methoxy groups -OCH3 is 3. The van der Waals surface area contributed by atoms with E-state index in [1.165, 1.54) is 50.7 Å². The van der Waals surface area contributed by atoms with Crippen molar-refractivity contribution in [1.82, 2.24) is 10.6 Å². The summed E-state index contributed by atoms with van der Waals surface area (Å²) in [7, 11) is 4.59. The Kier molecular flexibility index (Phi) is 13.1. The monoisotopic (exact) mass is 647 g/mol. The van der Waals surface area contributed by atoms with Crippen molar-refractivity contribution >= 4 is 47.0 Å². The number of thioether (sulfide) groups is 2. The van der Waals surface area contributed by atoms with Crippen molar-refractivity contribution in [2.75, 3.05) is 50.7 Å². The number of fused-ring (bicyclic) bond motifs is 3. The van der Waals surface area contributed by atoms with E-state index in [9.17, 15) is 24.3 Å². The first-order chi connectivity index (χ1) is 21.1. The van der Waals surface area contributed by atoms with Crippen molar-refractivity contribution in [3.05, 3.63) is 45.6 Å². The van der Waals surface area contributed by atoms with Gasteiger partial charge in [0.15, 0.2) is 11.5 Å². The van der Waals surface area contributed by atoms with Crippen LogP contribution < -0.4 is 35.6 Å². The maximum Gasteiger partial charge on any atom is 0.326 e. The summed E-state index contributed by atoms with van der Waals surface area (Å²) in [5.41, 5.74) is 2.64. The smallest absolute Gasteiger partial charge is 0.326 e. The number of hydrogen-bond donors (Lipinski definition) is 4. The number of benzene rings is 1. The van der Waals surface area contributed by atoms with Gasteiger partial charge in [-0.15, -0.1) is 0 Å². The predicted molar refractivity (Wildman–Crippen MR) is 176 cm³/mol. The first kappa shape index (κ1) is 34.9. The maximum absolute atomic E-state index is 13.7. The summed E-state index contributed by atoms with van der Waals surface area (Å²) in [5, 5.41) is 18.3. The minimum absolute atomic E-state index is 0.165. The minimum Gasteiger partial charge on any atom is -0.493 e. The molecule has 0 bridgehead atoms. The zero-order valence-electron chi connectivity index (χ0n) is 25.9. The molecule has 44 heavy (non-hydrogen) atoms. The number of carbonyl (C=O) groups is 3. The first-order valence-electron chi connectivity index (χ1n) is 14.1. The van der Waals surface area contributed by atoms with E-state index in [-0.39, 0.29) is 23.4 Å². The molecular weight excluding hydrogens is 606 g/mol. The quantitative estimate of drug-likeness (QED) is 0.224. The van der Waals surface area contributed by atoms with E-state index >= 15 is 0 Å². The lowest BCUT2D eigenvalue weighted by molar-refractivity contribution is -0.142. The topological polar surface area (TPSA) is 152 Å². The van der Waals surface area contributed by atoms with Crippen molar-refractivity contribution in [2.45, 2.75) is 50.7 Å². The standard InChI is InChI=1S/C31H41N3O8S2/c1-17(35)32-21-9-7-18-15-26(40-2)28(41-3)29(42-4)27(18)19-8-10-22(25(36)16-20(19)21)33-23(11-13-43-5)30(37)34-24(31(38)39)12-14-44-6/h8,10,15-16,21,23-24H,7,9,11-14H2,1-6H3,(H,32,35)(H,33,36)(H,34,37)(H,38,39). The van der Waals surface area contributed by atoms with E-state index < -0.39 is 30.0 Å². The van der Waals surface area contributed by atoms with E-state index in [2.05, 4.69) is 16.0 Å². The van der Waals surface area contributed by atoms with Crippen molar-refractivity contribution in [1.29, 1.82) is 0 Å². The highest BCUT2D eigenvalue weighted by molar-refractivity contribution is 7.98. The number of carbonyl (C=O) groups excluding carboxylic acids is 2. The molecular formula is C31H41N3O8S2. The molecule has 0 aliphatic heterocycles. The minimum atomic E-state index is -1.11. The second-order valence-electron chi connectivity index (χ2n) is 10.3. The molecule has 0 saturated heterocycles. The third-order valence-electron chi connectivity index (χ3n) is 7.40. The van der Waals surface area contributed by atoms with E-state index in [1.807, 2.05) is 18.6 Å². The second-order valence-corrected chi connectivity index (χ2v) is 12.2. The highest BCUT2D eigenvalue weighted by Crippen LogP contribution is 2.50. The average molecular weight is 648 g/mol. The SMILES string of the molecule is COc1cc2c(c(OC)c1OC)-c1ccc(NC(CCSC)C(=O)NC(CCSC)C(=O)O)c(=O)cc1C(NC(C)=O)CC2. The normalized spacial score (nSPS) is 15.0. The Hall–Kier alpha value is -3.58. The lowest BCUT2D eigenvalue weighted by Crippen LogP contribution is -2.48. The summed E-state index contributed by atoms with van der Waals surface area (Å²) < 4.78 is 17.1. The van der Waals surface area contributed by atoms with Crippen LogP contribution in [0.3, 0.4) is 0 Å². The van der Waals surface area contributed by atoms with Crippen LogP contribution in [0.4, 0.5) is 5.69 Å². The maximum atomic E-state index is 13.7. The Morgan fingerprint density at radius 2 is 1.64 bits per heavy atom. The Morgan fingerprint density at radius 3 is 2.20 bits per heavy atom. The van der Waals surface area contributed by atoms with Crippen LogP contribution in [0.25, 0.3) is 11.1 Å². The summed E-state index contributed by atoms with van der Waals surface area (Å²) in [6.45, 7) is 1.43. The zero-order valence-corrected chi connectivity index (χ0v) is 27.5. The number of anilines is 1. The number of nitrogens with one attached hydrogen (secondary N) is 3. The summed E-state index contributed by atoms with van der Waals surface area (Å²) in [4.78, 5) is 51.1. The van der Waals surface area contributed by atoms with Gasteiger partial charge in [-0.2, -0.15) is 23.5 Å². The Bertz CT molecular complexity index is 1420. The zero-order chi connectivity index (χ0) is 32.4. The molecule has 2 aromatic rings. The molecule has 0 aromatic heterocycles. The number of hydrogen-bond acceptors (Lipinski definition) is 10. The number of rotatable bonds is 15. The Labute approximate surface area is 266 Å². The molecule has 3 rings (SSSR count). The third kappa shape index (κ3) is 8.32. The molecule has 3 unspecified atom stereocenters. The molecule has 0 saturated carbocycles. The van der Waals surface area contributed by atoms with Crippen LogP contribution in [-0.2, 0) is 20.8 Å². The summed E-state index contributed by atoms with van der Waals surface area (Å²) in [5.74, 6) is 0.647. The number of aliphatic carboxylic acids is 1. The molecule has 0 fully saturated rings. The molecule has 1 aliphatic rings. The van der Waals surface area contributed by atoms with Gasteiger partial charge >= 0.3 is 5.97 Å². The van der Waals surface area contributed by atoms with Crippen LogP contribution in [0.2, 0.25) is 0 Å². The fourth-order valence-corrected chi connectivity index (χ4v) is 6.23. The summed E-state index contributed by atoms with van der Waals surface area (Å²) in [6, 6.07) is 4.36. The van der Waals surface area contributed by atoms with Crippen molar-refractivity contribution in [2.24, 2.45) is 0 Å². The Balaban J connectivity index is 2.16. The van der Waals surface area contributed by atoms with E-state index in [1.54, 1.807) is 19.2 Å². The number of amides is 2. The van der Waals surface area contributed by atoms with Crippen molar-refractivity contribution in [3.63, 3.8) is 0 Å². The van der Waals surface area contributed by atoms with E-state index in [0.717, 1.165) is 5.56 Å². The van der Waals surface area contributed by atoms with Crippen LogP contribution in [0.15, 0.2) is 29.1 Å². The van der Waals surface area contributed by atoms with Gasteiger partial charge in [-0.3, -0.25) is 14.4 Å². The van der Waals surface area contributed by atoms with Crippen LogP contribution in [0.5, 0.6) is 17.2 Å². The molecule has 240 valence electrons. The largest absolute Gasteiger partial charge is 0.493 e. The first-order valence-corrected chi connectivity index (χ1v) is 16.9. The number of aryl methyl sites for hydroxylation is 1. The van der Waals surface area contributed by atoms with Crippen molar-refractivity contribution < 1.29 is 33.7 Å². The Morgan fingerprint density at radius 1 is 0.977 bits per heavy atom. The summed E-state index contributed by atoms with van der Waals surface area (Å²) >= 11 is 3.03. The molecule has 2 amide bonds. The van der Waals surface area contributed by atoms with Gasteiger partial charge in [0.1, 0.15) is 12.1 Å². The van der Waals surface area contributed by atoms with Gasteiger partial charge in [0, 0.05) is 12.5 Å². The molecule has 3 atom stereocenters.